The van der Waals surface area contributed by atoms with Gasteiger partial charge in [-0.2, -0.15) is 5.26 Å². The molecule has 0 saturated heterocycles. The van der Waals surface area contributed by atoms with Gasteiger partial charge in [0.15, 0.2) is 6.61 Å². The molecule has 0 atom stereocenters. The van der Waals surface area contributed by atoms with Gasteiger partial charge in [-0.3, -0.25) is 0 Å². The predicted molar refractivity (Wildman–Crippen MR) is 56.3 cm³/mol. The maximum atomic E-state index is 8.40. The van der Waals surface area contributed by atoms with Crippen molar-refractivity contribution in [2.24, 2.45) is 0 Å². The summed E-state index contributed by atoms with van der Waals surface area (Å²) in [4.78, 5) is 0. The fourth-order valence-corrected chi connectivity index (χ4v) is 1.13. The van der Waals surface area contributed by atoms with Crippen molar-refractivity contribution in [1.82, 2.24) is 0 Å². The van der Waals surface area contributed by atoms with Gasteiger partial charge in [0.1, 0.15) is 11.8 Å². The zero-order valence-electron chi connectivity index (χ0n) is 8.45. The van der Waals surface area contributed by atoms with Gasteiger partial charge >= 0.3 is 0 Å². The summed E-state index contributed by atoms with van der Waals surface area (Å²) >= 11 is 0. The molecule has 0 aliphatic heterocycles. The molecule has 0 fully saturated rings. The highest BCUT2D eigenvalue weighted by atomic mass is 16.5. The fraction of sp³-hybridized carbons (Fsp3) is 0.364. The Morgan fingerprint density at radius 3 is 2.79 bits per heavy atom. The Morgan fingerprint density at radius 1 is 1.43 bits per heavy atom. The maximum absolute atomic E-state index is 8.40. The van der Waals surface area contributed by atoms with E-state index in [1.807, 2.05) is 30.3 Å². The van der Waals surface area contributed by atoms with E-state index >= 15 is 0 Å². The molecular formula is C11H14N2O. The summed E-state index contributed by atoms with van der Waals surface area (Å²) < 4.78 is 5.26. The molecule has 0 heterocycles. The summed E-state index contributed by atoms with van der Waals surface area (Å²) in [6.45, 7) is 4.19. The summed E-state index contributed by atoms with van der Waals surface area (Å²) in [6.07, 6.45) is 0. The molecule has 1 aromatic carbocycles. The minimum absolute atomic E-state index is 0.0801. The van der Waals surface area contributed by atoms with Gasteiger partial charge in [0.2, 0.25) is 0 Å². The van der Waals surface area contributed by atoms with Crippen molar-refractivity contribution in [3.8, 4) is 11.8 Å². The topological polar surface area (TPSA) is 45.0 Å². The van der Waals surface area contributed by atoms with Crippen molar-refractivity contribution in [2.75, 3.05) is 11.9 Å². The van der Waals surface area contributed by atoms with Crippen LogP contribution in [0.25, 0.3) is 0 Å². The zero-order chi connectivity index (χ0) is 10.4. The smallest absolute Gasteiger partial charge is 0.174 e. The maximum Gasteiger partial charge on any atom is 0.174 e. The van der Waals surface area contributed by atoms with Crippen molar-refractivity contribution in [1.29, 1.82) is 5.26 Å². The van der Waals surface area contributed by atoms with E-state index in [0.29, 0.717) is 6.04 Å². The molecule has 1 aromatic rings. The van der Waals surface area contributed by atoms with Crippen molar-refractivity contribution in [3.05, 3.63) is 24.3 Å². The summed E-state index contributed by atoms with van der Waals surface area (Å²) in [6, 6.07) is 9.90. The molecule has 0 unspecified atom stereocenters. The monoisotopic (exact) mass is 190 g/mol. The molecule has 0 amide bonds. The van der Waals surface area contributed by atoms with Crippen LogP contribution in [0.3, 0.4) is 0 Å². The molecule has 0 radical (unpaired) electrons. The van der Waals surface area contributed by atoms with Gasteiger partial charge in [0.25, 0.3) is 0 Å². The molecule has 0 bridgehead atoms. The molecular weight excluding hydrogens is 176 g/mol. The predicted octanol–water partition coefficient (Wildman–Crippen LogP) is 2.41. The third-order valence-electron chi connectivity index (χ3n) is 1.62. The molecule has 1 rings (SSSR count). The van der Waals surface area contributed by atoms with Gasteiger partial charge in [-0.15, -0.1) is 0 Å². The van der Waals surface area contributed by atoms with Crippen LogP contribution in [0.15, 0.2) is 24.3 Å². The molecule has 3 nitrogen and oxygen atoms in total. The second-order valence-electron chi connectivity index (χ2n) is 3.24. The minimum atomic E-state index is 0.0801. The SMILES string of the molecule is CC(C)Nc1ccccc1OCC#N. The van der Waals surface area contributed by atoms with Crippen LogP contribution in [0.1, 0.15) is 13.8 Å². The average molecular weight is 190 g/mol. The van der Waals surface area contributed by atoms with E-state index in [1.165, 1.54) is 0 Å². The summed E-state index contributed by atoms with van der Waals surface area (Å²) in [5.74, 6) is 0.725. The largest absolute Gasteiger partial charge is 0.477 e. The third-order valence-corrected chi connectivity index (χ3v) is 1.62. The van der Waals surface area contributed by atoms with E-state index in [4.69, 9.17) is 10.00 Å². The number of hydrogen-bond acceptors (Lipinski definition) is 3. The second kappa shape index (κ2) is 5.13. The summed E-state index contributed by atoms with van der Waals surface area (Å²) in [5, 5.41) is 11.7. The number of nitrogens with zero attached hydrogens (tertiary/aromatic N) is 1. The van der Waals surface area contributed by atoms with Crippen molar-refractivity contribution in [3.63, 3.8) is 0 Å². The van der Waals surface area contributed by atoms with E-state index in [-0.39, 0.29) is 6.61 Å². The molecule has 14 heavy (non-hydrogen) atoms. The number of hydrogen-bond donors (Lipinski definition) is 1. The Labute approximate surface area is 84.3 Å². The minimum Gasteiger partial charge on any atom is -0.477 e. The molecule has 0 aromatic heterocycles. The number of rotatable bonds is 4. The van der Waals surface area contributed by atoms with E-state index in [0.717, 1.165) is 11.4 Å². The quantitative estimate of drug-likeness (QED) is 0.793. The molecule has 74 valence electrons. The van der Waals surface area contributed by atoms with Gasteiger partial charge in [0.05, 0.1) is 5.69 Å². The van der Waals surface area contributed by atoms with Gasteiger partial charge < -0.3 is 10.1 Å². The van der Waals surface area contributed by atoms with E-state index < -0.39 is 0 Å². The highest BCUT2D eigenvalue weighted by Gasteiger charge is 2.02. The van der Waals surface area contributed by atoms with Crippen LogP contribution in [0.2, 0.25) is 0 Å². The number of anilines is 1. The number of ether oxygens (including phenoxy) is 1. The Kier molecular flexibility index (Phi) is 3.81. The van der Waals surface area contributed by atoms with Crippen LogP contribution in [0.5, 0.6) is 5.75 Å². The van der Waals surface area contributed by atoms with Crippen molar-refractivity contribution < 1.29 is 4.74 Å². The number of para-hydroxylation sites is 2. The van der Waals surface area contributed by atoms with E-state index in [9.17, 15) is 0 Å². The first kappa shape index (κ1) is 10.4. The Morgan fingerprint density at radius 2 is 2.14 bits per heavy atom. The lowest BCUT2D eigenvalue weighted by molar-refractivity contribution is 0.369. The second-order valence-corrected chi connectivity index (χ2v) is 3.24. The van der Waals surface area contributed by atoms with Crippen molar-refractivity contribution >= 4 is 5.69 Å². The normalized spacial score (nSPS) is 9.57. The molecule has 0 aliphatic rings. The Hall–Kier alpha value is -1.69. The van der Waals surface area contributed by atoms with Crippen LogP contribution in [-0.2, 0) is 0 Å². The van der Waals surface area contributed by atoms with Crippen LogP contribution in [0, 0.1) is 11.3 Å². The van der Waals surface area contributed by atoms with Gasteiger partial charge in [-0.1, -0.05) is 12.1 Å². The number of benzene rings is 1. The Bertz CT molecular complexity index is 328. The fourth-order valence-electron chi connectivity index (χ4n) is 1.13. The van der Waals surface area contributed by atoms with Crippen LogP contribution >= 0.6 is 0 Å². The lowest BCUT2D eigenvalue weighted by atomic mass is 10.2. The molecule has 3 heteroatoms. The lowest BCUT2D eigenvalue weighted by Gasteiger charge is -2.13. The first-order valence-corrected chi connectivity index (χ1v) is 4.59. The van der Waals surface area contributed by atoms with Crippen molar-refractivity contribution in [2.45, 2.75) is 19.9 Å². The highest BCUT2D eigenvalue weighted by molar-refractivity contribution is 5.56. The van der Waals surface area contributed by atoms with Crippen LogP contribution in [-0.4, -0.2) is 12.6 Å². The van der Waals surface area contributed by atoms with Gasteiger partial charge in [-0.25, -0.2) is 0 Å². The molecule has 1 N–H and O–H groups in total. The molecule has 0 aliphatic carbocycles. The Balaban J connectivity index is 2.76. The average Bonchev–Trinajstić information content (AvgIpc) is 2.16. The number of nitrogens with one attached hydrogen (secondary N) is 1. The van der Waals surface area contributed by atoms with Gasteiger partial charge in [0, 0.05) is 6.04 Å². The highest BCUT2D eigenvalue weighted by Crippen LogP contribution is 2.24. The van der Waals surface area contributed by atoms with E-state index in [1.54, 1.807) is 0 Å². The third kappa shape index (κ3) is 2.98. The summed E-state index contributed by atoms with van der Waals surface area (Å²) in [5.41, 5.74) is 0.928. The standard InChI is InChI=1S/C11H14N2O/c1-9(2)13-10-5-3-4-6-11(10)14-8-7-12/h3-6,9,13H,8H2,1-2H3. The molecule has 0 saturated carbocycles. The lowest BCUT2D eigenvalue weighted by Crippen LogP contribution is -2.11. The number of nitriles is 1. The zero-order valence-corrected chi connectivity index (χ0v) is 8.45. The van der Waals surface area contributed by atoms with E-state index in [2.05, 4.69) is 19.2 Å². The summed E-state index contributed by atoms with van der Waals surface area (Å²) in [7, 11) is 0. The molecule has 0 spiro atoms. The first-order valence-electron chi connectivity index (χ1n) is 4.59. The first-order chi connectivity index (χ1) is 6.74. The van der Waals surface area contributed by atoms with Crippen LogP contribution < -0.4 is 10.1 Å². The van der Waals surface area contributed by atoms with Gasteiger partial charge in [-0.05, 0) is 26.0 Å². The van der Waals surface area contributed by atoms with Crippen LogP contribution in [0.4, 0.5) is 5.69 Å².